The van der Waals surface area contributed by atoms with E-state index in [0.29, 0.717) is 6.04 Å². The average Bonchev–Trinajstić information content (AvgIpc) is 3.01. The molecule has 1 aliphatic rings. The molecule has 6 nitrogen and oxygen atoms in total. The summed E-state index contributed by atoms with van der Waals surface area (Å²) in [6, 6.07) is 4.45. The van der Waals surface area contributed by atoms with E-state index in [-0.39, 0.29) is 0 Å². The molecule has 0 amide bonds. The zero-order valence-corrected chi connectivity index (χ0v) is 11.0. The molecule has 0 bridgehead atoms. The third-order valence-corrected chi connectivity index (χ3v) is 3.68. The number of aromatic amines is 1. The molecule has 2 aromatic rings. The maximum Gasteiger partial charge on any atom is 0.160 e. The highest BCUT2D eigenvalue weighted by Crippen LogP contribution is 2.28. The van der Waals surface area contributed by atoms with Crippen LogP contribution in [0.15, 0.2) is 24.5 Å². The Morgan fingerprint density at radius 3 is 2.79 bits per heavy atom. The fourth-order valence-electron chi connectivity index (χ4n) is 2.57. The molecule has 0 radical (unpaired) electrons. The van der Waals surface area contributed by atoms with Crippen LogP contribution in [0.4, 0.5) is 5.82 Å². The predicted molar refractivity (Wildman–Crippen MR) is 73.9 cm³/mol. The molecule has 0 atom stereocenters. The van der Waals surface area contributed by atoms with Gasteiger partial charge in [0.05, 0.1) is 11.9 Å². The number of hydrogen-bond acceptors (Lipinski definition) is 5. The van der Waals surface area contributed by atoms with Crippen LogP contribution in [0.3, 0.4) is 0 Å². The second-order valence-electron chi connectivity index (χ2n) is 4.83. The summed E-state index contributed by atoms with van der Waals surface area (Å²) in [5, 5.41) is 18.7. The lowest BCUT2D eigenvalue weighted by atomic mass is 10.0. The molecule has 1 saturated heterocycles. The normalized spacial score (nSPS) is 16.5. The van der Waals surface area contributed by atoms with Crippen molar-refractivity contribution in [2.45, 2.75) is 18.9 Å². The molecule has 19 heavy (non-hydrogen) atoms. The highest BCUT2D eigenvalue weighted by molar-refractivity contribution is 5.72. The van der Waals surface area contributed by atoms with E-state index in [4.69, 9.17) is 0 Å². The first kappa shape index (κ1) is 12.1. The van der Waals surface area contributed by atoms with Crippen molar-refractivity contribution in [2.24, 2.45) is 0 Å². The Morgan fingerprint density at radius 2 is 2.05 bits per heavy atom. The number of rotatable bonds is 3. The minimum Gasteiger partial charge on any atom is -0.355 e. The maximum absolute atomic E-state index is 4.32. The van der Waals surface area contributed by atoms with Crippen LogP contribution < -0.4 is 10.2 Å². The number of hydrogen-bond donors (Lipinski definition) is 2. The molecule has 1 fully saturated rings. The van der Waals surface area contributed by atoms with E-state index in [1.165, 1.54) is 0 Å². The maximum atomic E-state index is 4.32. The molecule has 2 N–H and O–H groups in total. The van der Waals surface area contributed by atoms with Crippen LogP contribution in [0.25, 0.3) is 11.3 Å². The van der Waals surface area contributed by atoms with Gasteiger partial charge in [-0.3, -0.25) is 5.10 Å². The fraction of sp³-hybridized carbons (Fsp3) is 0.462. The first-order valence-corrected chi connectivity index (χ1v) is 6.61. The summed E-state index contributed by atoms with van der Waals surface area (Å²) in [5.74, 6) is 0.915. The third kappa shape index (κ3) is 2.44. The minimum absolute atomic E-state index is 0.514. The topological polar surface area (TPSA) is 69.7 Å². The number of piperidine rings is 1. The predicted octanol–water partition coefficient (Wildman–Crippen LogP) is 1.05. The molecule has 0 spiro atoms. The zero-order valence-electron chi connectivity index (χ0n) is 11.0. The monoisotopic (exact) mass is 258 g/mol. The lowest BCUT2D eigenvalue weighted by Crippen LogP contribution is -2.41. The van der Waals surface area contributed by atoms with Crippen LogP contribution in [0.5, 0.6) is 0 Å². The highest BCUT2D eigenvalue weighted by Gasteiger charge is 2.22. The van der Waals surface area contributed by atoms with E-state index in [1.54, 1.807) is 12.4 Å². The van der Waals surface area contributed by atoms with Gasteiger partial charge in [-0.25, -0.2) is 0 Å². The number of nitrogens with one attached hydrogen (secondary N) is 2. The van der Waals surface area contributed by atoms with Crippen LogP contribution in [-0.4, -0.2) is 46.6 Å². The van der Waals surface area contributed by atoms with Gasteiger partial charge in [-0.2, -0.15) is 10.2 Å². The van der Waals surface area contributed by atoms with Crippen molar-refractivity contribution in [1.82, 2.24) is 25.7 Å². The van der Waals surface area contributed by atoms with E-state index in [0.717, 1.165) is 43.0 Å². The fourth-order valence-corrected chi connectivity index (χ4v) is 2.57. The molecular weight excluding hydrogens is 240 g/mol. The van der Waals surface area contributed by atoms with E-state index < -0.39 is 0 Å². The summed E-state index contributed by atoms with van der Waals surface area (Å²) >= 11 is 0. The van der Waals surface area contributed by atoms with Gasteiger partial charge in [-0.15, -0.1) is 5.10 Å². The van der Waals surface area contributed by atoms with Crippen molar-refractivity contribution in [3.05, 3.63) is 24.5 Å². The van der Waals surface area contributed by atoms with Crippen LogP contribution >= 0.6 is 0 Å². The SMILES string of the molecule is CN(c1nnccc1-c1ccn[nH]1)C1CCNCC1. The van der Waals surface area contributed by atoms with Gasteiger partial charge in [-0.05, 0) is 38.1 Å². The number of H-pyrrole nitrogens is 1. The summed E-state index contributed by atoms with van der Waals surface area (Å²) in [7, 11) is 2.10. The van der Waals surface area contributed by atoms with E-state index in [1.807, 2.05) is 12.1 Å². The lowest BCUT2D eigenvalue weighted by molar-refractivity contribution is 0.441. The van der Waals surface area contributed by atoms with Gasteiger partial charge in [0.1, 0.15) is 0 Å². The number of nitrogens with zero attached hydrogens (tertiary/aromatic N) is 4. The van der Waals surface area contributed by atoms with E-state index in [2.05, 4.69) is 37.7 Å². The van der Waals surface area contributed by atoms with Gasteiger partial charge < -0.3 is 10.2 Å². The van der Waals surface area contributed by atoms with Gasteiger partial charge in [-0.1, -0.05) is 0 Å². The summed E-state index contributed by atoms with van der Waals surface area (Å²) in [4.78, 5) is 2.24. The first-order chi connectivity index (χ1) is 9.36. The van der Waals surface area contributed by atoms with Crippen LogP contribution in [0, 0.1) is 0 Å². The Balaban J connectivity index is 1.91. The third-order valence-electron chi connectivity index (χ3n) is 3.68. The smallest absolute Gasteiger partial charge is 0.160 e. The molecule has 0 aliphatic carbocycles. The number of anilines is 1. The molecular formula is C13H18N6. The number of aromatic nitrogens is 4. The second-order valence-corrected chi connectivity index (χ2v) is 4.83. The van der Waals surface area contributed by atoms with Crippen LogP contribution in [0.1, 0.15) is 12.8 Å². The van der Waals surface area contributed by atoms with Crippen molar-refractivity contribution < 1.29 is 0 Å². The molecule has 3 heterocycles. The minimum atomic E-state index is 0.514. The van der Waals surface area contributed by atoms with Gasteiger partial charge in [0.2, 0.25) is 0 Å². The van der Waals surface area contributed by atoms with Crippen LogP contribution in [-0.2, 0) is 0 Å². The van der Waals surface area contributed by atoms with E-state index >= 15 is 0 Å². The summed E-state index contributed by atoms with van der Waals surface area (Å²) in [5.41, 5.74) is 2.03. The van der Waals surface area contributed by atoms with E-state index in [9.17, 15) is 0 Å². The van der Waals surface area contributed by atoms with Crippen LogP contribution in [0.2, 0.25) is 0 Å². The van der Waals surface area contributed by atoms with Gasteiger partial charge in [0.25, 0.3) is 0 Å². The quantitative estimate of drug-likeness (QED) is 0.861. The van der Waals surface area contributed by atoms with Gasteiger partial charge >= 0.3 is 0 Å². The summed E-state index contributed by atoms with van der Waals surface area (Å²) < 4.78 is 0. The van der Waals surface area contributed by atoms with Crippen molar-refractivity contribution in [3.63, 3.8) is 0 Å². The first-order valence-electron chi connectivity index (χ1n) is 6.61. The molecule has 100 valence electrons. The molecule has 2 aromatic heterocycles. The Morgan fingerprint density at radius 1 is 1.21 bits per heavy atom. The lowest BCUT2D eigenvalue weighted by Gasteiger charge is -2.33. The van der Waals surface area contributed by atoms with Gasteiger partial charge in [0, 0.05) is 24.8 Å². The average molecular weight is 258 g/mol. The summed E-state index contributed by atoms with van der Waals surface area (Å²) in [6.07, 6.45) is 5.74. The Kier molecular flexibility index (Phi) is 3.41. The molecule has 6 heteroatoms. The van der Waals surface area contributed by atoms with Crippen molar-refractivity contribution in [3.8, 4) is 11.3 Å². The molecule has 3 rings (SSSR count). The Hall–Kier alpha value is -1.95. The largest absolute Gasteiger partial charge is 0.355 e. The summed E-state index contributed by atoms with van der Waals surface area (Å²) in [6.45, 7) is 2.13. The molecule has 0 unspecified atom stereocenters. The molecule has 0 saturated carbocycles. The van der Waals surface area contributed by atoms with Gasteiger partial charge in [0.15, 0.2) is 5.82 Å². The van der Waals surface area contributed by atoms with Crippen molar-refractivity contribution in [1.29, 1.82) is 0 Å². The van der Waals surface area contributed by atoms with Crippen molar-refractivity contribution >= 4 is 5.82 Å². The molecule has 0 aromatic carbocycles. The standard InChI is InChI=1S/C13H18N6/c1-19(10-2-6-14-7-3-10)13-11(4-8-16-18-13)12-5-9-15-17-12/h4-5,8-10,14H,2-3,6-7H2,1H3,(H,15,17). The zero-order chi connectivity index (χ0) is 13.1. The second kappa shape index (κ2) is 5.36. The Bertz CT molecular complexity index is 518. The highest BCUT2D eigenvalue weighted by atomic mass is 15.3. The molecule has 1 aliphatic heterocycles. The Labute approximate surface area is 112 Å². The van der Waals surface area contributed by atoms with Crippen molar-refractivity contribution in [2.75, 3.05) is 25.0 Å².